The summed E-state index contributed by atoms with van der Waals surface area (Å²) in [5, 5.41) is 3.02. The first-order chi connectivity index (χ1) is 8.72. The van der Waals surface area contributed by atoms with E-state index < -0.39 is 11.6 Å². The molecule has 1 aromatic carbocycles. The van der Waals surface area contributed by atoms with Crippen LogP contribution in [0.4, 0.5) is 14.5 Å². The molecule has 1 aliphatic heterocycles. The van der Waals surface area contributed by atoms with Crippen molar-refractivity contribution >= 4 is 5.69 Å². The maximum absolute atomic E-state index is 13.4. The maximum Gasteiger partial charge on any atom is 0.160 e. The molecule has 0 amide bonds. The van der Waals surface area contributed by atoms with Crippen molar-refractivity contribution in [1.82, 2.24) is 5.32 Å². The van der Waals surface area contributed by atoms with Gasteiger partial charge in [0.2, 0.25) is 0 Å². The maximum atomic E-state index is 13.4. The lowest BCUT2D eigenvalue weighted by atomic mass is 10.1. The molecule has 100 valence electrons. The van der Waals surface area contributed by atoms with Crippen LogP contribution in [0.25, 0.3) is 0 Å². The van der Waals surface area contributed by atoms with E-state index in [1.807, 2.05) is 7.05 Å². The third kappa shape index (κ3) is 2.97. The molecule has 0 spiro atoms. The van der Waals surface area contributed by atoms with E-state index in [0.29, 0.717) is 19.6 Å². The van der Waals surface area contributed by atoms with Crippen LogP contribution in [0.1, 0.15) is 5.56 Å². The van der Waals surface area contributed by atoms with Crippen LogP contribution in [-0.4, -0.2) is 39.9 Å². The van der Waals surface area contributed by atoms with Crippen LogP contribution in [0.2, 0.25) is 0 Å². The summed E-state index contributed by atoms with van der Waals surface area (Å²) >= 11 is 0. The highest BCUT2D eigenvalue weighted by atomic mass is 19.2. The van der Waals surface area contributed by atoms with Gasteiger partial charge >= 0.3 is 0 Å². The lowest BCUT2D eigenvalue weighted by Gasteiger charge is -2.30. The van der Waals surface area contributed by atoms with E-state index in [9.17, 15) is 8.78 Å². The zero-order valence-corrected chi connectivity index (χ0v) is 10.5. The molecular formula is C13H18F2N2O. The van der Waals surface area contributed by atoms with Gasteiger partial charge in [-0.2, -0.15) is 0 Å². The molecule has 1 aromatic rings. The Balaban J connectivity index is 2.26. The molecule has 0 bridgehead atoms. The van der Waals surface area contributed by atoms with Crippen molar-refractivity contribution < 1.29 is 13.5 Å². The Morgan fingerprint density at radius 2 is 1.89 bits per heavy atom. The van der Waals surface area contributed by atoms with E-state index in [2.05, 4.69) is 10.2 Å². The molecule has 1 N–H and O–H groups in total. The highest BCUT2D eigenvalue weighted by Crippen LogP contribution is 2.25. The highest BCUT2D eigenvalue weighted by Gasteiger charge is 2.17. The number of anilines is 1. The monoisotopic (exact) mass is 256 g/mol. The molecule has 0 saturated carbocycles. The quantitative estimate of drug-likeness (QED) is 0.885. The van der Waals surface area contributed by atoms with Gasteiger partial charge in [-0.05, 0) is 31.6 Å². The average Bonchev–Trinajstić information content (AvgIpc) is 2.40. The van der Waals surface area contributed by atoms with Gasteiger partial charge in [0.1, 0.15) is 0 Å². The molecule has 18 heavy (non-hydrogen) atoms. The smallest absolute Gasteiger partial charge is 0.160 e. The lowest BCUT2D eigenvalue weighted by Crippen LogP contribution is -2.37. The molecule has 0 atom stereocenters. The van der Waals surface area contributed by atoms with Gasteiger partial charge in [0, 0.05) is 24.8 Å². The highest BCUT2D eigenvalue weighted by molar-refractivity contribution is 5.54. The minimum atomic E-state index is -0.787. The van der Waals surface area contributed by atoms with Crippen molar-refractivity contribution in [3.63, 3.8) is 0 Å². The topological polar surface area (TPSA) is 24.5 Å². The number of hydrogen-bond acceptors (Lipinski definition) is 3. The fourth-order valence-electron chi connectivity index (χ4n) is 2.14. The molecule has 1 heterocycles. The number of nitrogens with one attached hydrogen (secondary N) is 1. The van der Waals surface area contributed by atoms with Crippen LogP contribution < -0.4 is 10.2 Å². The first-order valence-electron chi connectivity index (χ1n) is 6.17. The summed E-state index contributed by atoms with van der Waals surface area (Å²) in [6, 6.07) is 2.60. The summed E-state index contributed by atoms with van der Waals surface area (Å²) in [6.07, 6.45) is 0.681. The Labute approximate surface area is 106 Å². The first kappa shape index (κ1) is 13.2. The largest absolute Gasteiger partial charge is 0.378 e. The molecule has 0 aromatic heterocycles. The standard InChI is InChI=1S/C13H18F2N2O/c1-16-3-2-10-8-11(14)12(15)9-13(10)17-4-6-18-7-5-17/h8-9,16H,2-7H2,1H3. The summed E-state index contributed by atoms with van der Waals surface area (Å²) in [6.45, 7) is 3.44. The van der Waals surface area contributed by atoms with Crippen LogP contribution >= 0.6 is 0 Å². The second kappa shape index (κ2) is 6.11. The van der Waals surface area contributed by atoms with Gasteiger partial charge in [0.05, 0.1) is 13.2 Å². The number of hydrogen-bond donors (Lipinski definition) is 1. The Bertz CT molecular complexity index is 406. The minimum absolute atomic E-state index is 0.629. The molecule has 3 nitrogen and oxygen atoms in total. The molecule has 2 rings (SSSR count). The summed E-state index contributed by atoms with van der Waals surface area (Å²) in [5.41, 5.74) is 1.62. The number of likely N-dealkylation sites (N-methyl/N-ethyl adjacent to an activating group) is 1. The zero-order chi connectivity index (χ0) is 13.0. The predicted octanol–water partition coefficient (Wildman–Crippen LogP) is 1.56. The van der Waals surface area contributed by atoms with Gasteiger partial charge in [-0.25, -0.2) is 8.78 Å². The van der Waals surface area contributed by atoms with Gasteiger partial charge in [-0.15, -0.1) is 0 Å². The molecule has 1 saturated heterocycles. The van der Waals surface area contributed by atoms with Gasteiger partial charge in [-0.3, -0.25) is 0 Å². The number of rotatable bonds is 4. The summed E-state index contributed by atoms with van der Waals surface area (Å²) in [7, 11) is 1.84. The van der Waals surface area contributed by atoms with E-state index in [4.69, 9.17) is 4.74 Å². The molecule has 1 aliphatic rings. The van der Waals surface area contributed by atoms with Crippen molar-refractivity contribution in [3.8, 4) is 0 Å². The molecule has 0 aliphatic carbocycles. The average molecular weight is 256 g/mol. The third-order valence-corrected chi connectivity index (χ3v) is 3.12. The fourth-order valence-corrected chi connectivity index (χ4v) is 2.14. The van der Waals surface area contributed by atoms with Crippen molar-refractivity contribution in [1.29, 1.82) is 0 Å². The van der Waals surface area contributed by atoms with E-state index in [-0.39, 0.29) is 0 Å². The van der Waals surface area contributed by atoms with Crippen LogP contribution in [-0.2, 0) is 11.2 Å². The number of ether oxygens (including phenoxy) is 1. The normalized spacial score (nSPS) is 16.1. The van der Waals surface area contributed by atoms with E-state index in [1.165, 1.54) is 12.1 Å². The molecule has 0 unspecified atom stereocenters. The Kier molecular flexibility index (Phi) is 4.49. The molecule has 5 heteroatoms. The molecular weight excluding hydrogens is 238 g/mol. The van der Waals surface area contributed by atoms with Crippen LogP contribution in [0, 0.1) is 11.6 Å². The Morgan fingerprint density at radius 1 is 1.22 bits per heavy atom. The SMILES string of the molecule is CNCCc1cc(F)c(F)cc1N1CCOCC1. The van der Waals surface area contributed by atoms with Gasteiger partial charge in [0.25, 0.3) is 0 Å². The molecule has 1 fully saturated rings. The van der Waals surface area contributed by atoms with Gasteiger partial charge < -0.3 is 15.0 Å². The van der Waals surface area contributed by atoms with Gasteiger partial charge in [0.15, 0.2) is 11.6 Å². The third-order valence-electron chi connectivity index (χ3n) is 3.12. The second-order valence-corrected chi connectivity index (χ2v) is 4.35. The summed E-state index contributed by atoms with van der Waals surface area (Å²) in [4.78, 5) is 2.05. The van der Waals surface area contributed by atoms with Crippen LogP contribution in [0.15, 0.2) is 12.1 Å². The Hall–Kier alpha value is -1.20. The summed E-state index contributed by atoms with van der Waals surface area (Å²) < 4.78 is 32.0. The van der Waals surface area contributed by atoms with E-state index in [0.717, 1.165) is 30.9 Å². The molecule has 0 radical (unpaired) electrons. The van der Waals surface area contributed by atoms with Crippen LogP contribution in [0.5, 0.6) is 0 Å². The number of nitrogens with zero attached hydrogens (tertiary/aromatic N) is 1. The number of morpholine rings is 1. The van der Waals surface area contributed by atoms with E-state index >= 15 is 0 Å². The van der Waals surface area contributed by atoms with E-state index in [1.54, 1.807) is 0 Å². The van der Waals surface area contributed by atoms with Crippen molar-refractivity contribution in [2.45, 2.75) is 6.42 Å². The second-order valence-electron chi connectivity index (χ2n) is 4.35. The first-order valence-corrected chi connectivity index (χ1v) is 6.17. The Morgan fingerprint density at radius 3 is 2.56 bits per heavy atom. The van der Waals surface area contributed by atoms with Crippen molar-refractivity contribution in [2.75, 3.05) is 44.8 Å². The number of halogens is 2. The minimum Gasteiger partial charge on any atom is -0.378 e. The van der Waals surface area contributed by atoms with Gasteiger partial charge in [-0.1, -0.05) is 0 Å². The predicted molar refractivity (Wildman–Crippen MR) is 67.0 cm³/mol. The van der Waals surface area contributed by atoms with Crippen molar-refractivity contribution in [2.24, 2.45) is 0 Å². The van der Waals surface area contributed by atoms with Crippen molar-refractivity contribution in [3.05, 3.63) is 29.3 Å². The van der Waals surface area contributed by atoms with Crippen LogP contribution in [0.3, 0.4) is 0 Å². The fraction of sp³-hybridized carbons (Fsp3) is 0.538. The zero-order valence-electron chi connectivity index (χ0n) is 10.5. The number of benzene rings is 1. The lowest BCUT2D eigenvalue weighted by molar-refractivity contribution is 0.122. The summed E-state index contributed by atoms with van der Waals surface area (Å²) in [5.74, 6) is -1.57.